The molecule has 0 rings (SSSR count). The molecule has 0 heterocycles. The minimum Gasteiger partial charge on any atom is -0.480 e. The quantitative estimate of drug-likeness (QED) is 0.0212. The van der Waals surface area contributed by atoms with Crippen LogP contribution in [0.15, 0.2) is 12.2 Å². The number of carbonyl (C=O) groups is 3. The summed E-state index contributed by atoms with van der Waals surface area (Å²) in [4.78, 5) is 45.5. The third-order valence-corrected chi connectivity index (χ3v) is 9.26. The Balaban J connectivity index is 3.93. The maximum atomic E-state index is 12.3. The van der Waals surface area contributed by atoms with Crippen LogP contribution in [0, 0.1) is 0 Å². The standard InChI is InChI=1S/C37H70NO10P/c1-3-5-7-9-11-12-13-14-15-16-17-18-19-20-21-23-24-26-28-35(40)38-34(37(42)43)32-48-49(44,45)47-31-33(39)30-46-36(41)29-27-25-22-10-8-6-4-2/h15-16,33-34,39H,3-14,17-32H2,1-2H3,(H,38,40)(H,42,43)(H,44,45)/b16-15-. The number of amides is 1. The number of carboxylic acids is 1. The second-order valence-electron chi connectivity index (χ2n) is 13.1. The molecule has 0 fully saturated rings. The molecule has 0 radical (unpaired) electrons. The minimum absolute atomic E-state index is 0.143. The van der Waals surface area contributed by atoms with Gasteiger partial charge in [0.15, 0.2) is 6.04 Å². The molecule has 0 aliphatic carbocycles. The topological polar surface area (TPSA) is 169 Å². The fourth-order valence-electron chi connectivity index (χ4n) is 5.25. The number of unbranched alkanes of at least 4 members (excludes halogenated alkanes) is 20. The second-order valence-corrected chi connectivity index (χ2v) is 14.6. The average molecular weight is 720 g/mol. The first-order valence-electron chi connectivity index (χ1n) is 19.2. The summed E-state index contributed by atoms with van der Waals surface area (Å²) < 4.78 is 26.6. The molecular weight excluding hydrogens is 649 g/mol. The number of carbonyl (C=O) groups excluding carboxylic acids is 2. The second kappa shape index (κ2) is 33.4. The predicted octanol–water partition coefficient (Wildman–Crippen LogP) is 8.94. The fourth-order valence-corrected chi connectivity index (χ4v) is 6.02. The normalized spacial score (nSPS) is 14.0. The van der Waals surface area contributed by atoms with Gasteiger partial charge in [-0.15, -0.1) is 0 Å². The summed E-state index contributed by atoms with van der Waals surface area (Å²) in [6.07, 6.45) is 29.8. The molecule has 11 nitrogen and oxygen atoms in total. The molecule has 0 aromatic rings. The first-order valence-corrected chi connectivity index (χ1v) is 20.7. The van der Waals surface area contributed by atoms with E-state index in [2.05, 4.69) is 31.3 Å². The number of phosphoric ester groups is 1. The van der Waals surface area contributed by atoms with Gasteiger partial charge < -0.3 is 25.2 Å². The van der Waals surface area contributed by atoms with Crippen molar-refractivity contribution in [2.45, 2.75) is 187 Å². The summed E-state index contributed by atoms with van der Waals surface area (Å²) in [5.74, 6) is -2.38. The van der Waals surface area contributed by atoms with E-state index in [0.29, 0.717) is 12.8 Å². The molecule has 0 aromatic carbocycles. The number of hydrogen-bond donors (Lipinski definition) is 4. The molecule has 0 bridgehead atoms. The van der Waals surface area contributed by atoms with E-state index in [1.54, 1.807) is 0 Å². The molecule has 12 heteroatoms. The largest absolute Gasteiger partial charge is 0.480 e. The molecule has 0 spiro atoms. The monoisotopic (exact) mass is 719 g/mol. The number of aliphatic carboxylic acids is 1. The van der Waals surface area contributed by atoms with Gasteiger partial charge in [-0.25, -0.2) is 9.36 Å². The Kier molecular flexibility index (Phi) is 32.2. The molecule has 0 saturated heterocycles. The van der Waals surface area contributed by atoms with Gasteiger partial charge in [0.25, 0.3) is 0 Å². The van der Waals surface area contributed by atoms with Gasteiger partial charge in [0.2, 0.25) is 5.91 Å². The Morgan fingerprint density at radius 3 is 1.55 bits per heavy atom. The first-order chi connectivity index (χ1) is 23.6. The molecule has 288 valence electrons. The highest BCUT2D eigenvalue weighted by molar-refractivity contribution is 7.47. The lowest BCUT2D eigenvalue weighted by Crippen LogP contribution is -2.43. The summed E-state index contributed by atoms with van der Waals surface area (Å²) in [7, 11) is -4.74. The number of nitrogens with one attached hydrogen (secondary N) is 1. The van der Waals surface area contributed by atoms with Crippen LogP contribution in [0.5, 0.6) is 0 Å². The summed E-state index contributed by atoms with van der Waals surface area (Å²) in [5, 5.41) is 21.7. The van der Waals surface area contributed by atoms with Crippen LogP contribution in [0.1, 0.15) is 174 Å². The number of carboxylic acid groups (broad SMARTS) is 1. The number of esters is 1. The van der Waals surface area contributed by atoms with E-state index in [-0.39, 0.29) is 12.8 Å². The smallest absolute Gasteiger partial charge is 0.472 e. The highest BCUT2D eigenvalue weighted by Gasteiger charge is 2.28. The van der Waals surface area contributed by atoms with Crippen LogP contribution < -0.4 is 5.32 Å². The molecule has 0 saturated carbocycles. The van der Waals surface area contributed by atoms with Crippen LogP contribution in [0.2, 0.25) is 0 Å². The number of allylic oxidation sites excluding steroid dienone is 2. The predicted molar refractivity (Wildman–Crippen MR) is 194 cm³/mol. The zero-order valence-corrected chi connectivity index (χ0v) is 31.6. The molecule has 1 amide bonds. The van der Waals surface area contributed by atoms with Gasteiger partial charge in [-0.3, -0.25) is 18.6 Å². The average Bonchev–Trinajstić information content (AvgIpc) is 3.07. The molecule has 0 aliphatic heterocycles. The van der Waals surface area contributed by atoms with Crippen molar-refractivity contribution in [3.05, 3.63) is 12.2 Å². The lowest BCUT2D eigenvalue weighted by atomic mass is 10.1. The number of hydrogen-bond acceptors (Lipinski definition) is 8. The zero-order valence-electron chi connectivity index (χ0n) is 30.8. The molecule has 0 aliphatic rings. The van der Waals surface area contributed by atoms with Crippen molar-refractivity contribution in [2.24, 2.45) is 0 Å². The van der Waals surface area contributed by atoms with Gasteiger partial charge in [0, 0.05) is 12.8 Å². The van der Waals surface area contributed by atoms with E-state index in [0.717, 1.165) is 51.4 Å². The van der Waals surface area contributed by atoms with Gasteiger partial charge in [-0.2, -0.15) is 0 Å². The number of aliphatic hydroxyl groups excluding tert-OH is 1. The maximum absolute atomic E-state index is 12.3. The SMILES string of the molecule is CCCCCCCCC/C=C\CCCCCCCCCC(=O)NC(COP(=O)(O)OCC(O)COC(=O)CCCCCCCCC)C(=O)O. The van der Waals surface area contributed by atoms with Crippen molar-refractivity contribution in [1.82, 2.24) is 5.32 Å². The lowest BCUT2D eigenvalue weighted by molar-refractivity contribution is -0.147. The Labute approximate surface area is 296 Å². The van der Waals surface area contributed by atoms with Gasteiger partial charge in [0.1, 0.15) is 12.7 Å². The maximum Gasteiger partial charge on any atom is 0.472 e. The van der Waals surface area contributed by atoms with Crippen LogP contribution in [-0.4, -0.2) is 64.9 Å². The molecular formula is C37H70NO10P. The van der Waals surface area contributed by atoms with Crippen LogP contribution >= 0.6 is 7.82 Å². The highest BCUT2D eigenvalue weighted by Crippen LogP contribution is 2.43. The summed E-state index contributed by atoms with van der Waals surface area (Å²) in [6.45, 7) is 2.52. The Morgan fingerprint density at radius 1 is 0.633 bits per heavy atom. The third kappa shape index (κ3) is 33.1. The molecule has 3 atom stereocenters. The summed E-state index contributed by atoms with van der Waals surface area (Å²) >= 11 is 0. The lowest BCUT2D eigenvalue weighted by Gasteiger charge is -2.18. The van der Waals surface area contributed by atoms with E-state index in [4.69, 9.17) is 13.8 Å². The third-order valence-electron chi connectivity index (χ3n) is 8.30. The summed E-state index contributed by atoms with van der Waals surface area (Å²) in [5.41, 5.74) is 0. The van der Waals surface area contributed by atoms with E-state index >= 15 is 0 Å². The van der Waals surface area contributed by atoms with Crippen LogP contribution in [0.4, 0.5) is 0 Å². The van der Waals surface area contributed by atoms with Crippen LogP contribution in [0.25, 0.3) is 0 Å². The molecule has 0 aromatic heterocycles. The van der Waals surface area contributed by atoms with E-state index in [1.165, 1.54) is 83.5 Å². The minimum atomic E-state index is -4.74. The van der Waals surface area contributed by atoms with Gasteiger partial charge >= 0.3 is 19.8 Å². The van der Waals surface area contributed by atoms with Crippen molar-refractivity contribution in [1.29, 1.82) is 0 Å². The molecule has 3 unspecified atom stereocenters. The van der Waals surface area contributed by atoms with E-state index in [9.17, 15) is 34.1 Å². The Morgan fingerprint density at radius 2 is 1.06 bits per heavy atom. The van der Waals surface area contributed by atoms with Crippen LogP contribution in [-0.2, 0) is 32.7 Å². The van der Waals surface area contributed by atoms with Gasteiger partial charge in [0.05, 0.1) is 13.2 Å². The highest BCUT2D eigenvalue weighted by atomic mass is 31.2. The van der Waals surface area contributed by atoms with Crippen LogP contribution in [0.3, 0.4) is 0 Å². The Hall–Kier alpha value is -1.78. The van der Waals surface area contributed by atoms with Gasteiger partial charge in [-0.05, 0) is 38.5 Å². The molecule has 49 heavy (non-hydrogen) atoms. The van der Waals surface area contributed by atoms with Gasteiger partial charge in [-0.1, -0.05) is 135 Å². The molecule has 4 N–H and O–H groups in total. The zero-order chi connectivity index (χ0) is 36.4. The number of rotatable bonds is 36. The van der Waals surface area contributed by atoms with Crippen molar-refractivity contribution < 1.29 is 47.8 Å². The van der Waals surface area contributed by atoms with Crippen molar-refractivity contribution in [2.75, 3.05) is 19.8 Å². The fraction of sp³-hybridized carbons (Fsp3) is 0.865. The van der Waals surface area contributed by atoms with E-state index < -0.39 is 57.6 Å². The first kappa shape index (κ1) is 47.2. The van der Waals surface area contributed by atoms with E-state index in [1.807, 2.05) is 0 Å². The summed E-state index contributed by atoms with van der Waals surface area (Å²) in [6, 6.07) is -1.54. The Bertz CT molecular complexity index is 900. The number of phosphoric acid groups is 1. The van der Waals surface area contributed by atoms with Crippen molar-refractivity contribution in [3.63, 3.8) is 0 Å². The number of aliphatic hydroxyl groups is 1. The number of ether oxygens (including phenoxy) is 1. The van der Waals surface area contributed by atoms with Crippen molar-refractivity contribution in [3.8, 4) is 0 Å². The van der Waals surface area contributed by atoms with Crippen molar-refractivity contribution >= 4 is 25.7 Å².